The van der Waals surface area contributed by atoms with E-state index in [2.05, 4.69) is 10.6 Å². The summed E-state index contributed by atoms with van der Waals surface area (Å²) in [5.74, 6) is 0.741. The van der Waals surface area contributed by atoms with Crippen LogP contribution in [-0.4, -0.2) is 25.5 Å². The predicted octanol–water partition coefficient (Wildman–Crippen LogP) is 4.58. The molecule has 0 aliphatic carbocycles. The van der Waals surface area contributed by atoms with Crippen LogP contribution < -0.4 is 20.1 Å². The van der Waals surface area contributed by atoms with Crippen molar-refractivity contribution in [3.63, 3.8) is 0 Å². The van der Waals surface area contributed by atoms with Crippen LogP contribution in [0.25, 0.3) is 0 Å². The molecule has 3 aromatic carbocycles. The van der Waals surface area contributed by atoms with Crippen molar-refractivity contribution in [2.24, 2.45) is 0 Å². The normalized spacial score (nSPS) is 10.2. The summed E-state index contributed by atoms with van der Waals surface area (Å²) in [6.45, 7) is 3.83. The summed E-state index contributed by atoms with van der Waals surface area (Å²) in [5, 5.41) is 5.65. The van der Waals surface area contributed by atoms with E-state index in [4.69, 9.17) is 9.47 Å². The first-order valence-corrected chi connectivity index (χ1v) is 9.50. The van der Waals surface area contributed by atoms with E-state index in [9.17, 15) is 9.59 Å². The van der Waals surface area contributed by atoms with Crippen LogP contribution in [0.3, 0.4) is 0 Å². The van der Waals surface area contributed by atoms with E-state index < -0.39 is 0 Å². The van der Waals surface area contributed by atoms with E-state index in [0.717, 1.165) is 22.6 Å². The molecule has 0 radical (unpaired) electrons. The largest absolute Gasteiger partial charge is 0.497 e. The molecule has 6 heteroatoms. The van der Waals surface area contributed by atoms with Gasteiger partial charge in [0.25, 0.3) is 11.8 Å². The van der Waals surface area contributed by atoms with Gasteiger partial charge in [0, 0.05) is 16.9 Å². The minimum Gasteiger partial charge on any atom is -0.497 e. The van der Waals surface area contributed by atoms with Crippen LogP contribution in [-0.2, 0) is 4.79 Å². The standard InChI is InChI=1S/C24H24N2O4/c1-16-4-13-22(17(2)14-16)26-23(27)15-30-21-9-5-18(6-10-21)24(28)25-19-7-11-20(29-3)12-8-19/h4-14H,15H2,1-3H3,(H,25,28)(H,26,27). The van der Waals surface area contributed by atoms with Crippen molar-refractivity contribution in [1.29, 1.82) is 0 Å². The van der Waals surface area contributed by atoms with Crippen molar-refractivity contribution in [3.8, 4) is 11.5 Å². The summed E-state index contributed by atoms with van der Waals surface area (Å²) < 4.78 is 10.6. The number of ether oxygens (including phenoxy) is 2. The molecule has 0 saturated carbocycles. The second-order valence-electron chi connectivity index (χ2n) is 6.86. The van der Waals surface area contributed by atoms with Crippen molar-refractivity contribution < 1.29 is 19.1 Å². The highest BCUT2D eigenvalue weighted by Gasteiger charge is 2.09. The predicted molar refractivity (Wildman–Crippen MR) is 117 cm³/mol. The minimum absolute atomic E-state index is 0.120. The number of rotatable bonds is 7. The molecule has 0 bridgehead atoms. The number of methoxy groups -OCH3 is 1. The van der Waals surface area contributed by atoms with Gasteiger partial charge >= 0.3 is 0 Å². The van der Waals surface area contributed by atoms with Crippen LogP contribution >= 0.6 is 0 Å². The van der Waals surface area contributed by atoms with Crippen molar-refractivity contribution in [3.05, 3.63) is 83.4 Å². The van der Waals surface area contributed by atoms with Gasteiger partial charge in [0.05, 0.1) is 7.11 Å². The lowest BCUT2D eigenvalue weighted by Gasteiger charge is -2.11. The van der Waals surface area contributed by atoms with Crippen LogP contribution in [0.2, 0.25) is 0 Å². The lowest BCUT2D eigenvalue weighted by atomic mass is 10.1. The molecule has 3 aromatic rings. The Morgan fingerprint density at radius 2 is 1.50 bits per heavy atom. The Hall–Kier alpha value is -3.80. The molecule has 0 spiro atoms. The summed E-state index contributed by atoms with van der Waals surface area (Å²) in [6.07, 6.45) is 0. The monoisotopic (exact) mass is 404 g/mol. The van der Waals surface area contributed by atoms with E-state index in [1.54, 1.807) is 55.6 Å². The number of amides is 2. The molecule has 2 N–H and O–H groups in total. The highest BCUT2D eigenvalue weighted by Crippen LogP contribution is 2.18. The van der Waals surface area contributed by atoms with Crippen molar-refractivity contribution in [1.82, 2.24) is 0 Å². The van der Waals surface area contributed by atoms with Gasteiger partial charge in [0.2, 0.25) is 0 Å². The third-order valence-corrected chi connectivity index (χ3v) is 4.49. The first-order chi connectivity index (χ1) is 14.4. The first kappa shape index (κ1) is 20.9. The molecule has 0 saturated heterocycles. The maximum atomic E-state index is 12.4. The zero-order valence-corrected chi connectivity index (χ0v) is 17.2. The fourth-order valence-electron chi connectivity index (χ4n) is 2.87. The SMILES string of the molecule is COc1ccc(NC(=O)c2ccc(OCC(=O)Nc3ccc(C)cc3C)cc2)cc1. The summed E-state index contributed by atoms with van der Waals surface area (Å²) in [5.41, 5.74) is 4.05. The Morgan fingerprint density at radius 1 is 0.833 bits per heavy atom. The van der Waals surface area contributed by atoms with Gasteiger partial charge in [-0.3, -0.25) is 9.59 Å². The molecule has 0 aliphatic rings. The van der Waals surface area contributed by atoms with Gasteiger partial charge in [0.15, 0.2) is 6.61 Å². The van der Waals surface area contributed by atoms with Crippen LogP contribution in [0.4, 0.5) is 11.4 Å². The van der Waals surface area contributed by atoms with Gasteiger partial charge in [-0.1, -0.05) is 17.7 Å². The fraction of sp³-hybridized carbons (Fsp3) is 0.167. The van der Waals surface area contributed by atoms with Gasteiger partial charge in [-0.2, -0.15) is 0 Å². The molecule has 3 rings (SSSR count). The van der Waals surface area contributed by atoms with Crippen molar-refractivity contribution >= 4 is 23.2 Å². The summed E-state index contributed by atoms with van der Waals surface area (Å²) in [4.78, 5) is 24.5. The number of carbonyl (C=O) groups excluding carboxylic acids is 2. The topological polar surface area (TPSA) is 76.7 Å². The molecular formula is C24H24N2O4. The molecule has 0 atom stereocenters. The van der Waals surface area contributed by atoms with E-state index >= 15 is 0 Å². The summed E-state index contributed by atoms with van der Waals surface area (Å²) in [6, 6.07) is 19.5. The van der Waals surface area contributed by atoms with Gasteiger partial charge in [-0.05, 0) is 74.0 Å². The van der Waals surface area contributed by atoms with E-state index in [1.807, 2.05) is 32.0 Å². The molecule has 30 heavy (non-hydrogen) atoms. The zero-order valence-electron chi connectivity index (χ0n) is 17.2. The summed E-state index contributed by atoms with van der Waals surface area (Å²) >= 11 is 0. The van der Waals surface area contributed by atoms with Crippen molar-refractivity contribution in [2.75, 3.05) is 24.4 Å². The third-order valence-electron chi connectivity index (χ3n) is 4.49. The first-order valence-electron chi connectivity index (χ1n) is 9.50. The second kappa shape index (κ2) is 9.60. The van der Waals surface area contributed by atoms with Crippen LogP contribution in [0.1, 0.15) is 21.5 Å². The number of hydrogen-bond acceptors (Lipinski definition) is 4. The Balaban J connectivity index is 1.52. The molecule has 6 nitrogen and oxygen atoms in total. The number of hydrogen-bond donors (Lipinski definition) is 2. The quantitative estimate of drug-likeness (QED) is 0.604. The highest BCUT2D eigenvalue weighted by molar-refractivity contribution is 6.04. The second-order valence-corrected chi connectivity index (χ2v) is 6.86. The van der Waals surface area contributed by atoms with E-state index in [0.29, 0.717) is 17.0 Å². The minimum atomic E-state index is -0.247. The molecule has 2 amide bonds. The number of aryl methyl sites for hydroxylation is 2. The maximum Gasteiger partial charge on any atom is 0.262 e. The fourth-order valence-corrected chi connectivity index (χ4v) is 2.87. The molecule has 154 valence electrons. The molecule has 0 aliphatic heterocycles. The lowest BCUT2D eigenvalue weighted by Crippen LogP contribution is -2.20. The average molecular weight is 404 g/mol. The molecule has 0 heterocycles. The molecule has 0 aromatic heterocycles. The zero-order chi connectivity index (χ0) is 21.5. The average Bonchev–Trinajstić information content (AvgIpc) is 2.75. The van der Waals surface area contributed by atoms with Gasteiger partial charge < -0.3 is 20.1 Å². The van der Waals surface area contributed by atoms with Gasteiger partial charge in [-0.25, -0.2) is 0 Å². The highest BCUT2D eigenvalue weighted by atomic mass is 16.5. The number of anilines is 2. The maximum absolute atomic E-state index is 12.4. The molecule has 0 fully saturated rings. The Kier molecular flexibility index (Phi) is 6.70. The van der Waals surface area contributed by atoms with E-state index in [1.165, 1.54) is 0 Å². The summed E-state index contributed by atoms with van der Waals surface area (Å²) in [7, 11) is 1.59. The van der Waals surface area contributed by atoms with E-state index in [-0.39, 0.29) is 18.4 Å². The Morgan fingerprint density at radius 3 is 2.13 bits per heavy atom. The van der Waals surface area contributed by atoms with Gasteiger partial charge in [-0.15, -0.1) is 0 Å². The lowest BCUT2D eigenvalue weighted by molar-refractivity contribution is -0.118. The van der Waals surface area contributed by atoms with Crippen molar-refractivity contribution in [2.45, 2.75) is 13.8 Å². The smallest absolute Gasteiger partial charge is 0.262 e. The molecular weight excluding hydrogens is 380 g/mol. The number of benzene rings is 3. The van der Waals surface area contributed by atoms with Gasteiger partial charge in [0.1, 0.15) is 11.5 Å². The molecule has 0 unspecified atom stereocenters. The van der Waals surface area contributed by atoms with Crippen LogP contribution in [0.5, 0.6) is 11.5 Å². The number of carbonyl (C=O) groups is 2. The van der Waals surface area contributed by atoms with Crippen LogP contribution in [0, 0.1) is 13.8 Å². The van der Waals surface area contributed by atoms with Crippen LogP contribution in [0.15, 0.2) is 66.7 Å². The third kappa shape index (κ3) is 5.61. The number of nitrogens with one attached hydrogen (secondary N) is 2. The Labute approximate surface area is 175 Å². The Bertz CT molecular complexity index is 1030.